The van der Waals surface area contributed by atoms with Gasteiger partial charge in [0.15, 0.2) is 0 Å². The highest BCUT2D eigenvalue weighted by Gasteiger charge is 2.14. The summed E-state index contributed by atoms with van der Waals surface area (Å²) in [5.74, 6) is -0.223. The Kier molecular flexibility index (Phi) is 6.29. The van der Waals surface area contributed by atoms with Gasteiger partial charge in [0.1, 0.15) is 0 Å². The third kappa shape index (κ3) is 5.54. The quantitative estimate of drug-likeness (QED) is 0.826. The average Bonchev–Trinajstić information content (AvgIpc) is 2.59. The maximum absolute atomic E-state index is 12.0. The Morgan fingerprint density at radius 3 is 2.52 bits per heavy atom. The van der Waals surface area contributed by atoms with E-state index in [9.17, 15) is 9.59 Å². The van der Waals surface area contributed by atoms with Gasteiger partial charge in [-0.15, -0.1) is 0 Å². The maximum atomic E-state index is 12.0. The minimum atomic E-state index is -0.265. The van der Waals surface area contributed by atoms with Crippen LogP contribution in [0.15, 0.2) is 54.9 Å². The summed E-state index contributed by atoms with van der Waals surface area (Å²) in [6, 6.07) is 13.4. The summed E-state index contributed by atoms with van der Waals surface area (Å²) in [6.07, 6.45) is 4.44. The molecule has 0 saturated carbocycles. The summed E-state index contributed by atoms with van der Waals surface area (Å²) in [7, 11) is 0. The number of carbonyl (C=O) groups excluding carboxylic acids is 2. The summed E-state index contributed by atoms with van der Waals surface area (Å²) < 4.78 is 0. The van der Waals surface area contributed by atoms with Crippen LogP contribution in [0.3, 0.4) is 0 Å². The summed E-state index contributed by atoms with van der Waals surface area (Å²) in [6.45, 7) is 2.01. The Balaban J connectivity index is 1.79. The van der Waals surface area contributed by atoms with Gasteiger partial charge in [0.2, 0.25) is 11.8 Å². The van der Waals surface area contributed by atoms with Crippen LogP contribution < -0.4 is 10.6 Å². The fourth-order valence-electron chi connectivity index (χ4n) is 2.34. The van der Waals surface area contributed by atoms with E-state index < -0.39 is 0 Å². The summed E-state index contributed by atoms with van der Waals surface area (Å²) in [4.78, 5) is 27.7. The van der Waals surface area contributed by atoms with Gasteiger partial charge in [0.25, 0.3) is 0 Å². The average molecular weight is 311 g/mol. The highest BCUT2D eigenvalue weighted by atomic mass is 16.2. The number of amides is 2. The molecule has 5 nitrogen and oxygen atoms in total. The lowest BCUT2D eigenvalue weighted by molar-refractivity contribution is -0.124. The lowest BCUT2D eigenvalue weighted by atomic mass is 9.93. The lowest BCUT2D eigenvalue weighted by Crippen LogP contribution is -2.33. The van der Waals surface area contributed by atoms with E-state index >= 15 is 0 Å². The number of nitrogens with one attached hydrogen (secondary N) is 2. The van der Waals surface area contributed by atoms with Crippen molar-refractivity contribution < 1.29 is 9.59 Å². The van der Waals surface area contributed by atoms with Gasteiger partial charge in [-0.25, -0.2) is 0 Å². The molecular weight excluding hydrogens is 290 g/mol. The third-order valence-corrected chi connectivity index (χ3v) is 3.59. The van der Waals surface area contributed by atoms with Crippen molar-refractivity contribution in [3.63, 3.8) is 0 Å². The molecule has 2 aromatic rings. The zero-order chi connectivity index (χ0) is 16.5. The van der Waals surface area contributed by atoms with E-state index in [2.05, 4.69) is 22.5 Å². The highest BCUT2D eigenvalue weighted by molar-refractivity contribution is 5.94. The normalized spacial score (nSPS) is 11.5. The zero-order valence-corrected chi connectivity index (χ0v) is 13.2. The highest BCUT2D eigenvalue weighted by Crippen LogP contribution is 2.22. The Bertz CT molecular complexity index is 629. The van der Waals surface area contributed by atoms with E-state index in [1.165, 1.54) is 0 Å². The molecule has 2 N–H and O–H groups in total. The fourth-order valence-corrected chi connectivity index (χ4v) is 2.34. The molecule has 23 heavy (non-hydrogen) atoms. The largest absolute Gasteiger partial charge is 0.347 e. The van der Waals surface area contributed by atoms with E-state index in [4.69, 9.17) is 0 Å². The monoisotopic (exact) mass is 311 g/mol. The molecule has 5 heteroatoms. The minimum Gasteiger partial charge on any atom is -0.347 e. The molecule has 2 amide bonds. The van der Waals surface area contributed by atoms with Crippen LogP contribution in [0.25, 0.3) is 0 Å². The molecule has 1 heterocycles. The van der Waals surface area contributed by atoms with Gasteiger partial charge < -0.3 is 10.6 Å². The topological polar surface area (TPSA) is 71.1 Å². The van der Waals surface area contributed by atoms with Gasteiger partial charge >= 0.3 is 0 Å². The van der Waals surface area contributed by atoms with Crippen molar-refractivity contribution in [2.75, 3.05) is 11.9 Å². The molecule has 0 spiro atoms. The van der Waals surface area contributed by atoms with E-state index in [-0.39, 0.29) is 24.3 Å². The smallest absolute Gasteiger partial charge is 0.243 e. The number of pyridine rings is 1. The van der Waals surface area contributed by atoms with Gasteiger partial charge in [-0.1, -0.05) is 37.3 Å². The van der Waals surface area contributed by atoms with E-state index in [1.54, 1.807) is 24.5 Å². The number of nitrogens with zero attached hydrogens (tertiary/aromatic N) is 1. The second-order valence-electron chi connectivity index (χ2n) is 5.29. The zero-order valence-electron chi connectivity index (χ0n) is 13.2. The number of rotatable bonds is 7. The molecular formula is C18H21N3O2. The van der Waals surface area contributed by atoms with Crippen molar-refractivity contribution in [2.45, 2.75) is 25.7 Å². The van der Waals surface area contributed by atoms with Gasteiger partial charge in [0, 0.05) is 12.6 Å². The second-order valence-corrected chi connectivity index (χ2v) is 5.29. The molecule has 0 bridgehead atoms. The van der Waals surface area contributed by atoms with Crippen molar-refractivity contribution in [2.24, 2.45) is 0 Å². The van der Waals surface area contributed by atoms with Crippen molar-refractivity contribution >= 4 is 17.5 Å². The number of benzene rings is 1. The SMILES string of the molecule is CCC(CC(=O)NCC(=O)Nc1cccnc1)c1ccccc1. The Morgan fingerprint density at radius 1 is 1.09 bits per heavy atom. The number of aromatic nitrogens is 1. The van der Waals surface area contributed by atoms with Crippen LogP contribution in [0.5, 0.6) is 0 Å². The van der Waals surface area contributed by atoms with Gasteiger partial charge in [-0.2, -0.15) is 0 Å². The first-order valence-corrected chi connectivity index (χ1v) is 7.70. The Morgan fingerprint density at radius 2 is 1.87 bits per heavy atom. The van der Waals surface area contributed by atoms with Gasteiger partial charge in [-0.3, -0.25) is 14.6 Å². The Hall–Kier alpha value is -2.69. The first-order valence-electron chi connectivity index (χ1n) is 7.70. The predicted octanol–water partition coefficient (Wildman–Crippen LogP) is 2.72. The maximum Gasteiger partial charge on any atom is 0.243 e. The number of hydrogen-bond donors (Lipinski definition) is 2. The molecule has 1 aromatic carbocycles. The van der Waals surface area contributed by atoms with Crippen molar-refractivity contribution in [3.05, 3.63) is 60.4 Å². The Labute approximate surface area is 136 Å². The summed E-state index contributed by atoms with van der Waals surface area (Å²) >= 11 is 0. The molecule has 0 fully saturated rings. The predicted molar refractivity (Wildman–Crippen MR) is 90.0 cm³/mol. The van der Waals surface area contributed by atoms with Crippen LogP contribution in [0.2, 0.25) is 0 Å². The molecule has 1 atom stereocenters. The van der Waals surface area contributed by atoms with Gasteiger partial charge in [-0.05, 0) is 30.0 Å². The van der Waals surface area contributed by atoms with Crippen LogP contribution in [0.1, 0.15) is 31.2 Å². The fraction of sp³-hybridized carbons (Fsp3) is 0.278. The molecule has 0 aliphatic carbocycles. The first-order chi connectivity index (χ1) is 11.2. The lowest BCUT2D eigenvalue weighted by Gasteiger charge is -2.15. The number of hydrogen-bond acceptors (Lipinski definition) is 3. The first kappa shape index (κ1) is 16.7. The number of carbonyl (C=O) groups is 2. The molecule has 0 aliphatic rings. The van der Waals surface area contributed by atoms with E-state index in [0.717, 1.165) is 12.0 Å². The van der Waals surface area contributed by atoms with Crippen LogP contribution in [-0.4, -0.2) is 23.3 Å². The van der Waals surface area contributed by atoms with Crippen LogP contribution >= 0.6 is 0 Å². The molecule has 0 aliphatic heterocycles. The van der Waals surface area contributed by atoms with Gasteiger partial charge in [0.05, 0.1) is 18.4 Å². The molecule has 0 radical (unpaired) electrons. The van der Waals surface area contributed by atoms with Crippen LogP contribution in [0, 0.1) is 0 Å². The molecule has 2 rings (SSSR count). The molecule has 120 valence electrons. The third-order valence-electron chi connectivity index (χ3n) is 3.59. The minimum absolute atomic E-state index is 0.0427. The van der Waals surface area contributed by atoms with Crippen LogP contribution in [-0.2, 0) is 9.59 Å². The number of anilines is 1. The van der Waals surface area contributed by atoms with Crippen molar-refractivity contribution in [3.8, 4) is 0 Å². The molecule has 0 saturated heterocycles. The van der Waals surface area contributed by atoms with Crippen molar-refractivity contribution in [1.82, 2.24) is 10.3 Å². The summed E-state index contributed by atoms with van der Waals surface area (Å²) in [5, 5.41) is 5.35. The molecule has 1 aromatic heterocycles. The second kappa shape index (κ2) is 8.68. The van der Waals surface area contributed by atoms with Crippen molar-refractivity contribution in [1.29, 1.82) is 0 Å². The van der Waals surface area contributed by atoms with E-state index in [0.29, 0.717) is 12.1 Å². The molecule has 1 unspecified atom stereocenters. The summed E-state index contributed by atoms with van der Waals surface area (Å²) in [5.41, 5.74) is 1.76. The standard InChI is InChI=1S/C18H21N3O2/c1-2-14(15-7-4-3-5-8-15)11-17(22)20-13-18(23)21-16-9-6-10-19-12-16/h3-10,12,14H,2,11,13H2,1H3,(H,20,22)(H,21,23). The van der Waals surface area contributed by atoms with Crippen LogP contribution in [0.4, 0.5) is 5.69 Å². The van der Waals surface area contributed by atoms with E-state index in [1.807, 2.05) is 30.3 Å².